The van der Waals surface area contributed by atoms with Crippen LogP contribution in [0, 0.1) is 17.7 Å². The van der Waals surface area contributed by atoms with Gasteiger partial charge in [-0.25, -0.2) is 82.9 Å². The average molecular weight is 1860 g/mol. The lowest BCUT2D eigenvalue weighted by Gasteiger charge is -2.34. The Kier molecular flexibility index (Phi) is 25.4. The molecule has 19 aromatic rings. The number of benzene rings is 7. The van der Waals surface area contributed by atoms with E-state index in [9.17, 15) is 24.8 Å². The van der Waals surface area contributed by atoms with Crippen molar-refractivity contribution in [3.8, 4) is 62.9 Å². The predicted octanol–water partition coefficient (Wildman–Crippen LogP) is 16.4. The Bertz CT molecular complexity index is 7860. The van der Waals surface area contributed by atoms with Crippen LogP contribution in [0.2, 0.25) is 0 Å². The molecule has 33 nitrogen and oxygen atoms in total. The topological polar surface area (TPSA) is 427 Å². The second-order valence-corrected chi connectivity index (χ2v) is 35.6. The summed E-state index contributed by atoms with van der Waals surface area (Å²) in [4.78, 5) is 67.1. The fourth-order valence-corrected chi connectivity index (χ4v) is 19.6. The summed E-state index contributed by atoms with van der Waals surface area (Å²) in [7, 11) is 2.15. The number of phenols is 3. The van der Waals surface area contributed by atoms with E-state index in [0.29, 0.717) is 96.5 Å². The molecular weight excluding hydrogens is 1750 g/mol. The van der Waals surface area contributed by atoms with E-state index in [-0.39, 0.29) is 41.2 Å². The van der Waals surface area contributed by atoms with Crippen LogP contribution in [0.25, 0.3) is 122 Å². The summed E-state index contributed by atoms with van der Waals surface area (Å²) >= 11 is 0. The molecule has 12 N–H and O–H groups in total. The number of nitrogens with zero attached hydrogens (tertiary/aromatic N) is 25. The molecule has 7 aromatic carbocycles. The molecule has 34 heteroatoms. The van der Waals surface area contributed by atoms with E-state index in [2.05, 4.69) is 171 Å². The molecule has 0 spiro atoms. The van der Waals surface area contributed by atoms with Crippen LogP contribution in [0.1, 0.15) is 132 Å². The highest BCUT2D eigenvalue weighted by Gasteiger charge is 2.34. The number of rotatable bonds is 18. The van der Waals surface area contributed by atoms with Gasteiger partial charge in [-0.3, -0.25) is 0 Å². The highest BCUT2D eigenvalue weighted by Crippen LogP contribution is 2.45. The van der Waals surface area contributed by atoms with Gasteiger partial charge in [0.1, 0.15) is 124 Å². The Hall–Kier alpha value is -16.4. The normalized spacial score (nSPS) is 14.9. The molecule has 4 aliphatic heterocycles. The van der Waals surface area contributed by atoms with Crippen LogP contribution in [0.3, 0.4) is 0 Å². The molecule has 0 aliphatic carbocycles. The van der Waals surface area contributed by atoms with Gasteiger partial charge in [0.15, 0.2) is 22.6 Å². The second kappa shape index (κ2) is 39.1. The molecule has 139 heavy (non-hydrogen) atoms. The van der Waals surface area contributed by atoms with Gasteiger partial charge < -0.3 is 67.9 Å². The SMILES string of the molecule is CCC(c1cc2ccccc2nc1N1CCCC1)n1nc(-c2cc(O)cc(F)c2)c2c(N)ncnc21.CCC(c1cc2ccccc2nc1N1CCCC1)n1nc(-c2cccc(O)c2)c2c(N)ncnc21.CCC(c1cc2ccccc2nc1N1CCCC1)n1nc(C#C[C@@H](C)O)c2c(N)ncnc21.CN1CCN(c2nc3ccccc3cc2Cn2nc(-c3cccc(O)c3)c3c(N)ncnc32)CC1. The van der Waals surface area contributed by atoms with Crippen molar-refractivity contribution in [2.75, 3.05) is 115 Å². The minimum absolute atomic E-state index is 0.106. The molecular formula is C105H106FN29O4. The number of aromatic hydroxyl groups is 3. The Balaban J connectivity index is 0.000000114. The molecule has 0 saturated carbocycles. The fraction of sp³-hybridized carbons (Fsp3) is 0.276. The maximum Gasteiger partial charge on any atom is 0.165 e. The third-order valence-electron chi connectivity index (χ3n) is 26.3. The largest absolute Gasteiger partial charge is 0.508 e. The summed E-state index contributed by atoms with van der Waals surface area (Å²) in [6.45, 7) is 18.2. The monoisotopic (exact) mass is 1860 g/mol. The van der Waals surface area contributed by atoms with Crippen molar-refractivity contribution in [1.82, 2.24) is 104 Å². The van der Waals surface area contributed by atoms with Gasteiger partial charge in [-0.05, 0) is 163 Å². The number of aromatic nitrogens is 20. The van der Waals surface area contributed by atoms with Crippen LogP contribution in [0.4, 0.5) is 50.9 Å². The quantitative estimate of drug-likeness (QED) is 0.0370. The van der Waals surface area contributed by atoms with Gasteiger partial charge in [-0.2, -0.15) is 20.4 Å². The number of nitrogens with two attached hydrogens (primary N) is 4. The molecule has 0 radical (unpaired) electrons. The third kappa shape index (κ3) is 18.1. The smallest absolute Gasteiger partial charge is 0.165 e. The molecule has 0 bridgehead atoms. The zero-order chi connectivity index (χ0) is 95.6. The number of halogens is 1. The summed E-state index contributed by atoms with van der Waals surface area (Å²) in [6.07, 6.45) is 14.3. The Labute approximate surface area is 799 Å². The summed E-state index contributed by atoms with van der Waals surface area (Å²) in [5.41, 5.74) is 40.0. The summed E-state index contributed by atoms with van der Waals surface area (Å²) < 4.78 is 21.8. The van der Waals surface area contributed by atoms with Gasteiger partial charge in [0.2, 0.25) is 0 Å². The highest BCUT2D eigenvalue weighted by molar-refractivity contribution is 6.01. The summed E-state index contributed by atoms with van der Waals surface area (Å²) in [5, 5.41) is 66.3. The first kappa shape index (κ1) is 90.4. The van der Waals surface area contributed by atoms with Gasteiger partial charge in [0.05, 0.1) is 68.3 Å². The van der Waals surface area contributed by atoms with Crippen molar-refractivity contribution in [3.63, 3.8) is 0 Å². The average Bonchev–Trinajstić information content (AvgIpc) is 1.56. The lowest BCUT2D eigenvalue weighted by molar-refractivity contribution is 0.253. The number of hydrogen-bond acceptors (Lipinski definition) is 29. The number of anilines is 8. The Morgan fingerprint density at radius 1 is 0.367 bits per heavy atom. The number of hydrogen-bond donors (Lipinski definition) is 8. The number of piperazine rings is 1. The van der Waals surface area contributed by atoms with Crippen molar-refractivity contribution < 1.29 is 24.8 Å². The first-order valence-electron chi connectivity index (χ1n) is 47.3. The zero-order valence-corrected chi connectivity index (χ0v) is 77.8. The molecule has 16 heterocycles. The minimum atomic E-state index is -0.774. The molecule has 3 unspecified atom stereocenters. The molecule has 4 atom stereocenters. The van der Waals surface area contributed by atoms with Gasteiger partial charge in [0.25, 0.3) is 0 Å². The van der Waals surface area contributed by atoms with Gasteiger partial charge in [0, 0.05) is 132 Å². The molecule has 0 amide bonds. The van der Waals surface area contributed by atoms with E-state index >= 15 is 0 Å². The first-order chi connectivity index (χ1) is 67.8. The van der Waals surface area contributed by atoms with Crippen molar-refractivity contribution in [3.05, 3.63) is 247 Å². The maximum absolute atomic E-state index is 14.2. The van der Waals surface area contributed by atoms with E-state index in [1.165, 1.54) is 50.3 Å². The lowest BCUT2D eigenvalue weighted by Crippen LogP contribution is -2.45. The van der Waals surface area contributed by atoms with Crippen molar-refractivity contribution in [2.24, 2.45) is 0 Å². The van der Waals surface area contributed by atoms with Crippen molar-refractivity contribution in [1.29, 1.82) is 0 Å². The molecule has 4 saturated heterocycles. The van der Waals surface area contributed by atoms with Crippen molar-refractivity contribution >= 4 is 134 Å². The number of nitrogen functional groups attached to an aromatic ring is 4. The lowest BCUT2D eigenvalue weighted by atomic mass is 10.0. The second-order valence-electron chi connectivity index (χ2n) is 35.6. The van der Waals surface area contributed by atoms with Gasteiger partial charge >= 0.3 is 0 Å². The standard InChI is InChI=1S/C27H26FN7O.C27H27N7O.C26H26N8O.C25H27N7O/c1-2-22(20-13-16-7-3-4-8-21(16)32-26(20)34-9-5-6-10-34)35-27-23(25(29)30-15-31-27)24(33-35)17-11-18(28)14-19(36)12-17;1-2-22(20-15-17-8-3-4-11-21(17)31-26(20)33-12-5-6-13-33)34-27-23(25(28)29-16-30-27)24(32-34)18-9-7-10-19(35)14-18;1-32-9-11-33(12-10-32)25-19(13-17-5-2-3-8-21(17)30-25)15-34-26-22(24(27)28-16-29-26)23(31-34)18-6-4-7-20(35)14-18;1-3-21(32-25-22(23(26)27-15-28-25)20(30-32)11-10-16(2)33)18-14-17-8-4-5-9-19(17)29-24(18)31-12-6-7-13-31/h3-4,7-8,11-15,22,36H,2,5-6,9-10H2,1H3,(H2,29,30,31);3-4,7-11,14-16,22,35H,2,5-6,12-13H2,1H3,(H2,28,29,30);2-8,13-14,16,35H,9-12,15H2,1H3,(H2,27,28,29);4-5,8-9,14-16,21,33H,3,6-7,12-13H2,1-2H3,(H2,26,27,28)/t;;;16-,21?/m...1/s1. The summed E-state index contributed by atoms with van der Waals surface area (Å²) in [6, 6.07) is 59.0. The van der Waals surface area contributed by atoms with Crippen molar-refractivity contribution in [2.45, 2.75) is 116 Å². The van der Waals surface area contributed by atoms with Crippen LogP contribution in [0.5, 0.6) is 17.2 Å². The van der Waals surface area contributed by atoms with Crippen LogP contribution in [-0.4, -0.2) is 203 Å². The Morgan fingerprint density at radius 2 is 0.727 bits per heavy atom. The third-order valence-corrected chi connectivity index (χ3v) is 26.3. The predicted molar refractivity (Wildman–Crippen MR) is 544 cm³/mol. The highest BCUT2D eigenvalue weighted by atomic mass is 19.1. The molecule has 23 rings (SSSR count). The van der Waals surface area contributed by atoms with Crippen LogP contribution in [0.15, 0.2) is 213 Å². The Morgan fingerprint density at radius 3 is 1.14 bits per heavy atom. The van der Waals surface area contributed by atoms with Gasteiger partial charge in [-0.1, -0.05) is 124 Å². The van der Waals surface area contributed by atoms with Gasteiger partial charge in [-0.15, -0.1) is 0 Å². The maximum atomic E-state index is 14.2. The van der Waals surface area contributed by atoms with E-state index in [0.717, 1.165) is 217 Å². The molecule has 4 fully saturated rings. The number of para-hydroxylation sites is 4. The van der Waals surface area contributed by atoms with Crippen LogP contribution in [-0.2, 0) is 6.54 Å². The van der Waals surface area contributed by atoms with Crippen LogP contribution >= 0.6 is 0 Å². The molecule has 12 aromatic heterocycles. The molecule has 4 aliphatic rings. The first-order valence-corrected chi connectivity index (χ1v) is 47.3. The van der Waals surface area contributed by atoms with Crippen LogP contribution < -0.4 is 42.5 Å². The number of aliphatic hydroxyl groups excluding tert-OH is 1. The van der Waals surface area contributed by atoms with E-state index < -0.39 is 11.9 Å². The number of likely N-dealkylation sites (N-methyl/N-ethyl adjacent to an activating group) is 1. The van der Waals surface area contributed by atoms with E-state index in [1.807, 2.05) is 85.5 Å². The summed E-state index contributed by atoms with van der Waals surface area (Å²) in [5.74, 6) is 10.5. The zero-order valence-electron chi connectivity index (χ0n) is 77.8. The fourth-order valence-electron chi connectivity index (χ4n) is 19.6. The molecule has 702 valence electrons. The van der Waals surface area contributed by atoms with E-state index in [1.54, 1.807) is 43.3 Å². The number of pyridine rings is 4. The number of phenolic OH excluding ortho intramolecular Hbond substituents is 3. The number of fused-ring (bicyclic) bond motifs is 8. The minimum Gasteiger partial charge on any atom is -0.508 e. The number of aliphatic hydroxyl groups is 1. The van der Waals surface area contributed by atoms with E-state index in [4.69, 9.17) is 63.3 Å².